The van der Waals surface area contributed by atoms with Crippen LogP contribution in [-0.4, -0.2) is 10.6 Å². The van der Waals surface area contributed by atoms with Gasteiger partial charge < -0.3 is 13.7 Å². The van der Waals surface area contributed by atoms with Crippen LogP contribution in [0.25, 0.3) is 82.8 Å². The van der Waals surface area contributed by atoms with Crippen molar-refractivity contribution in [1.82, 2.24) is 4.57 Å². The average Bonchev–Trinajstić information content (AvgIpc) is 2.07. The van der Waals surface area contributed by atoms with Crippen LogP contribution in [-0.2, 0) is 0 Å². The Hall–Kier alpha value is -6.43. The van der Waals surface area contributed by atoms with Gasteiger partial charge in [0.05, 0.1) is 55.1 Å². The zero-order chi connectivity index (χ0) is 59.0. The van der Waals surface area contributed by atoms with E-state index in [9.17, 15) is 13.7 Å². The van der Waals surface area contributed by atoms with Crippen LogP contribution in [0.1, 0.15) is 38.4 Å². The maximum atomic E-state index is 9.99. The highest BCUT2D eigenvalue weighted by Gasteiger charge is 2.39. The summed E-state index contributed by atoms with van der Waals surface area (Å²) in [5.41, 5.74) is -7.34. The van der Waals surface area contributed by atoms with Gasteiger partial charge in [-0.15, -0.1) is 0 Å². The molecule has 246 valence electrons. The molecule has 12 rings (SSSR count). The minimum Gasteiger partial charge on any atom is -0.458 e. The van der Waals surface area contributed by atoms with E-state index in [0.29, 0.717) is 11.6 Å². The third kappa shape index (κ3) is 4.26. The lowest BCUT2D eigenvalue weighted by Gasteiger charge is -2.33. The van der Waals surface area contributed by atoms with Crippen LogP contribution in [0.2, 0.25) is 0 Å². The lowest BCUT2D eigenvalue weighted by atomic mass is 9.57. The Labute approximate surface area is 349 Å². The molecule has 53 heavy (non-hydrogen) atoms. The number of fused-ring (bicyclic) bond motifs is 10. The number of para-hydroxylation sites is 4. The monoisotopic (exact) mass is 721 g/mol. The summed E-state index contributed by atoms with van der Waals surface area (Å²) in [6.07, 6.45) is 0. The van der Waals surface area contributed by atoms with Gasteiger partial charge in [0.25, 0.3) is 5.99 Å². The zero-order valence-corrected chi connectivity index (χ0v) is 27.1. The van der Waals surface area contributed by atoms with E-state index in [0.717, 1.165) is 4.57 Å². The van der Waals surface area contributed by atoms with Gasteiger partial charge in [0.1, 0.15) is 22.7 Å². The molecule has 0 N–H and O–H groups in total. The number of nitrogens with zero attached hydrogens (tertiary/aromatic N) is 1. The number of hydrogen-bond acceptors (Lipinski definition) is 3. The minimum absolute atomic E-state index is 0.211. The second kappa shape index (κ2) is 11.0. The molecule has 2 aliphatic heterocycles. The SMILES string of the molecule is [2H]c1c([2H])c([2H])c2c(c1[2H])SB1c3c([2H])c([2H])c(-c4c([2H])c([2H])c([2H])c([2H])c4-n4c5c([2H])c([2H])c([2H])c([2H])c5c5c([2H])c([2H])c([2H])c([2H])c54)c([2H])c3Oc3c([2H])c(-c4c([2H])c([2H])c5c(oc6c([2H])c([2H])c([2H])c([2H])c65)c4[2H])c([2H])c-2c31. The lowest BCUT2D eigenvalue weighted by Crippen LogP contribution is -2.46. The summed E-state index contributed by atoms with van der Waals surface area (Å²) < 4.78 is 267. The standard InChI is InChI=1S/C48H28BNO2S/c1-6-16-40(50-41-17-7-2-12-33(41)34-13-3-8-18-42(34)50)32(11-1)30-22-24-39-45(27-30)52-46-28-31(25-38-37-15-5-10-20-47(37)53-49(39)48(38)46)29-21-23-36-35-14-4-9-19-43(35)51-44(36)26-29/h1-28H/i1D,2D,3D,4D,5D,6D,7D,8D,9D,10D,11D,12D,13D,14D,15D,16D,17D,18D,19D,20D,21D,22D,23D,24D,25D,26D,27D,28D. The largest absolute Gasteiger partial charge is 0.458 e. The minimum atomic E-state index is -1.52. The van der Waals surface area contributed by atoms with Gasteiger partial charge in [-0.1, -0.05) is 109 Å². The van der Waals surface area contributed by atoms with E-state index in [-0.39, 0.29) is 37.7 Å². The van der Waals surface area contributed by atoms with E-state index in [2.05, 4.69) is 0 Å². The molecule has 5 heteroatoms. The van der Waals surface area contributed by atoms with Crippen molar-refractivity contribution in [3.8, 4) is 50.6 Å². The zero-order valence-electron chi connectivity index (χ0n) is 54.2. The first-order valence-electron chi connectivity index (χ1n) is 29.8. The Balaban J connectivity index is 1.22. The van der Waals surface area contributed by atoms with Crippen molar-refractivity contribution < 1.29 is 47.5 Å². The van der Waals surface area contributed by atoms with Gasteiger partial charge in [-0.25, -0.2) is 0 Å². The van der Waals surface area contributed by atoms with Crippen molar-refractivity contribution in [3.05, 3.63) is 169 Å². The molecule has 0 saturated carbocycles. The first-order chi connectivity index (χ1) is 37.9. The van der Waals surface area contributed by atoms with Crippen LogP contribution in [0.5, 0.6) is 11.5 Å². The van der Waals surface area contributed by atoms with Crippen molar-refractivity contribution in [3.63, 3.8) is 0 Å². The van der Waals surface area contributed by atoms with Crippen LogP contribution in [0.4, 0.5) is 0 Å². The molecule has 0 radical (unpaired) electrons. The maximum Gasteiger partial charge on any atom is 0.289 e. The van der Waals surface area contributed by atoms with E-state index in [1.807, 2.05) is 0 Å². The molecule has 0 saturated heterocycles. The number of furan rings is 1. The number of ether oxygens (including phenoxy) is 1. The predicted molar refractivity (Wildman–Crippen MR) is 222 cm³/mol. The molecule has 4 heterocycles. The Bertz CT molecular complexity index is 4690. The van der Waals surface area contributed by atoms with Crippen molar-refractivity contribution >= 4 is 72.3 Å². The van der Waals surface area contributed by atoms with Crippen molar-refractivity contribution in [2.24, 2.45) is 0 Å². The van der Waals surface area contributed by atoms with Crippen molar-refractivity contribution in [1.29, 1.82) is 0 Å². The third-order valence-electron chi connectivity index (χ3n) is 8.98. The van der Waals surface area contributed by atoms with Crippen LogP contribution in [0.15, 0.2) is 179 Å². The van der Waals surface area contributed by atoms with Crippen molar-refractivity contribution in [2.75, 3.05) is 0 Å². The fourth-order valence-electron chi connectivity index (χ4n) is 6.73. The number of aromatic nitrogens is 1. The Morgan fingerprint density at radius 2 is 1.15 bits per heavy atom. The lowest BCUT2D eigenvalue weighted by molar-refractivity contribution is 0.488. The molecule has 2 aliphatic rings. The summed E-state index contributed by atoms with van der Waals surface area (Å²) in [7, 11) is 0. The second-order valence-electron chi connectivity index (χ2n) is 11.8. The van der Waals surface area contributed by atoms with E-state index in [1.54, 1.807) is 0 Å². The van der Waals surface area contributed by atoms with E-state index in [4.69, 9.17) is 33.8 Å². The first-order valence-corrected chi connectivity index (χ1v) is 16.6. The molecule has 0 aliphatic carbocycles. The van der Waals surface area contributed by atoms with Gasteiger partial charge in [-0.05, 0) is 99.2 Å². The van der Waals surface area contributed by atoms with Gasteiger partial charge in [-0.3, -0.25) is 0 Å². The highest BCUT2D eigenvalue weighted by molar-refractivity contribution is 8.28. The summed E-state index contributed by atoms with van der Waals surface area (Å²) in [6, 6.07) is -23.2. The van der Waals surface area contributed by atoms with E-state index in [1.165, 1.54) is 0 Å². The molecule has 2 aromatic heterocycles. The maximum absolute atomic E-state index is 9.99. The molecule has 3 nitrogen and oxygen atoms in total. The van der Waals surface area contributed by atoms with Gasteiger partial charge in [0.2, 0.25) is 0 Å². The average molecular weight is 722 g/mol. The Morgan fingerprint density at radius 3 is 2.00 bits per heavy atom. The molecule has 0 fully saturated rings. The quantitative estimate of drug-likeness (QED) is 0.170. The van der Waals surface area contributed by atoms with Crippen LogP contribution >= 0.6 is 11.6 Å². The summed E-state index contributed by atoms with van der Waals surface area (Å²) >= 11 is 0.668. The summed E-state index contributed by atoms with van der Waals surface area (Å²) in [6.45, 7) is 0. The van der Waals surface area contributed by atoms with E-state index >= 15 is 0 Å². The number of hydrogen-bond donors (Lipinski definition) is 0. The molecule has 0 amide bonds. The Morgan fingerprint density at radius 1 is 0.491 bits per heavy atom. The number of rotatable bonds is 3. The molecular formula is C48H28BNO2S. The van der Waals surface area contributed by atoms with Gasteiger partial charge in [-0.2, -0.15) is 11.6 Å². The van der Waals surface area contributed by atoms with Crippen molar-refractivity contribution in [2.45, 2.75) is 4.90 Å². The molecule has 0 bridgehead atoms. The topological polar surface area (TPSA) is 27.3 Å². The smallest absolute Gasteiger partial charge is 0.289 e. The highest BCUT2D eigenvalue weighted by atomic mass is 32.2. The normalized spacial score (nSPS) is 20.3. The first kappa shape index (κ1) is 13.2. The van der Waals surface area contributed by atoms with Gasteiger partial charge >= 0.3 is 0 Å². The summed E-state index contributed by atoms with van der Waals surface area (Å²) in [5.74, 6) is -2.84. The van der Waals surface area contributed by atoms with Gasteiger partial charge in [0, 0.05) is 32.0 Å². The summed E-state index contributed by atoms with van der Waals surface area (Å²) in [5, 5.41) is -1.70. The predicted octanol–water partition coefficient (Wildman–Crippen LogP) is 12.0. The van der Waals surface area contributed by atoms with Crippen LogP contribution in [0, 0.1) is 0 Å². The fourth-order valence-corrected chi connectivity index (χ4v) is 7.97. The Kier molecular flexibility index (Phi) is 2.75. The van der Waals surface area contributed by atoms with E-state index < -0.39 is 248 Å². The molecule has 0 spiro atoms. The van der Waals surface area contributed by atoms with Gasteiger partial charge in [0.15, 0.2) is 0 Å². The second-order valence-corrected chi connectivity index (χ2v) is 12.9. The molecule has 0 atom stereocenters. The van der Waals surface area contributed by atoms with Crippen LogP contribution < -0.4 is 15.7 Å². The molecule has 10 aromatic rings. The molecule has 0 unspecified atom stereocenters. The fraction of sp³-hybridized carbons (Fsp3) is 0. The molecular weight excluding hydrogens is 665 g/mol. The summed E-state index contributed by atoms with van der Waals surface area (Å²) in [4.78, 5) is -0.245. The molecule has 8 aromatic carbocycles. The highest BCUT2D eigenvalue weighted by Crippen LogP contribution is 2.46. The van der Waals surface area contributed by atoms with Crippen LogP contribution in [0.3, 0.4) is 0 Å². The third-order valence-corrected chi connectivity index (χ3v) is 10.2. The number of benzene rings is 8.